The molecule has 27 heavy (non-hydrogen) atoms. The summed E-state index contributed by atoms with van der Waals surface area (Å²) in [6.45, 7) is 2.24. The fourth-order valence-electron chi connectivity index (χ4n) is 3.29. The number of benzene rings is 1. The van der Waals surface area contributed by atoms with E-state index in [9.17, 15) is 18.0 Å². The van der Waals surface area contributed by atoms with Gasteiger partial charge in [-0.25, -0.2) is 0 Å². The first-order valence-corrected chi connectivity index (χ1v) is 10.7. The number of hydrogen-bond donors (Lipinski definition) is 0. The molecule has 0 spiro atoms. The van der Waals surface area contributed by atoms with Crippen molar-refractivity contribution < 1.29 is 18.0 Å². The molecule has 0 radical (unpaired) electrons. The largest absolute Gasteiger partial charge is 0.416 e. The van der Waals surface area contributed by atoms with Crippen LogP contribution in [0.25, 0.3) is 0 Å². The van der Waals surface area contributed by atoms with Crippen LogP contribution < -0.4 is 0 Å². The van der Waals surface area contributed by atoms with Gasteiger partial charge in [-0.3, -0.25) is 4.79 Å². The maximum atomic E-state index is 12.5. The van der Waals surface area contributed by atoms with Crippen molar-refractivity contribution in [2.75, 3.05) is 0 Å². The molecule has 0 atom stereocenters. The molecule has 0 aliphatic heterocycles. The molecule has 1 rings (SSSR count). The van der Waals surface area contributed by atoms with Gasteiger partial charge in [0.2, 0.25) is 0 Å². The number of rotatable bonds is 15. The molecule has 0 amide bonds. The number of hydrogen-bond acceptors (Lipinski definition) is 1. The molecule has 0 bridgehead atoms. The van der Waals surface area contributed by atoms with Crippen molar-refractivity contribution in [3.63, 3.8) is 0 Å². The summed E-state index contributed by atoms with van der Waals surface area (Å²) in [5.41, 5.74) is -0.332. The molecule has 0 aliphatic rings. The van der Waals surface area contributed by atoms with Crippen molar-refractivity contribution in [3.8, 4) is 0 Å². The third-order valence-electron chi connectivity index (χ3n) is 5.04. The van der Waals surface area contributed by atoms with Gasteiger partial charge in [0.25, 0.3) is 0 Å². The lowest BCUT2D eigenvalue weighted by Crippen LogP contribution is -2.06. The lowest BCUT2D eigenvalue weighted by atomic mass is 10.0. The summed E-state index contributed by atoms with van der Waals surface area (Å²) in [4.78, 5) is 12.0. The first-order valence-electron chi connectivity index (χ1n) is 10.7. The Bertz CT molecular complexity index is 505. The Kier molecular flexibility index (Phi) is 12.1. The Hall–Kier alpha value is -1.32. The molecular formula is C23H35F3O. The molecule has 0 saturated carbocycles. The second kappa shape index (κ2) is 13.8. The summed E-state index contributed by atoms with van der Waals surface area (Å²) in [6.07, 6.45) is 12.3. The van der Waals surface area contributed by atoms with Crippen LogP contribution in [0.2, 0.25) is 0 Å². The van der Waals surface area contributed by atoms with Crippen LogP contribution in [0, 0.1) is 0 Å². The Morgan fingerprint density at radius 1 is 0.704 bits per heavy atom. The first kappa shape index (κ1) is 23.7. The van der Waals surface area contributed by atoms with Crippen molar-refractivity contribution in [2.24, 2.45) is 0 Å². The Labute approximate surface area is 162 Å². The first-order chi connectivity index (χ1) is 12.9. The smallest absolute Gasteiger partial charge is 0.294 e. The topological polar surface area (TPSA) is 17.1 Å². The second-order valence-electron chi connectivity index (χ2n) is 7.49. The molecule has 0 saturated heterocycles. The Balaban J connectivity index is 1.99. The van der Waals surface area contributed by atoms with Crippen LogP contribution in [0.5, 0.6) is 0 Å². The zero-order chi connectivity index (χ0) is 20.0. The van der Waals surface area contributed by atoms with Gasteiger partial charge in [-0.15, -0.1) is 0 Å². The lowest BCUT2D eigenvalue weighted by molar-refractivity contribution is -0.137. The molecule has 0 heterocycles. The van der Waals surface area contributed by atoms with E-state index >= 15 is 0 Å². The Morgan fingerprint density at radius 2 is 1.11 bits per heavy atom. The van der Waals surface area contributed by atoms with Crippen molar-refractivity contribution in [3.05, 3.63) is 35.4 Å². The highest BCUT2D eigenvalue weighted by atomic mass is 19.4. The normalized spacial score (nSPS) is 11.7. The lowest BCUT2D eigenvalue weighted by Gasteiger charge is -2.07. The van der Waals surface area contributed by atoms with Crippen LogP contribution in [-0.2, 0) is 6.18 Å². The molecule has 0 aliphatic carbocycles. The van der Waals surface area contributed by atoms with Gasteiger partial charge in [0.15, 0.2) is 5.78 Å². The van der Waals surface area contributed by atoms with Gasteiger partial charge in [0, 0.05) is 12.0 Å². The van der Waals surface area contributed by atoms with E-state index < -0.39 is 11.7 Å². The van der Waals surface area contributed by atoms with E-state index in [1.54, 1.807) is 0 Å². The van der Waals surface area contributed by atoms with Crippen LogP contribution in [-0.4, -0.2) is 5.78 Å². The van der Waals surface area contributed by atoms with E-state index in [2.05, 4.69) is 6.92 Å². The van der Waals surface area contributed by atoms with E-state index in [0.29, 0.717) is 12.0 Å². The van der Waals surface area contributed by atoms with E-state index in [0.717, 1.165) is 31.4 Å². The molecule has 0 unspecified atom stereocenters. The maximum Gasteiger partial charge on any atom is 0.416 e. The molecular weight excluding hydrogens is 349 g/mol. The van der Waals surface area contributed by atoms with E-state index in [1.165, 1.54) is 76.3 Å². The van der Waals surface area contributed by atoms with Gasteiger partial charge in [0.05, 0.1) is 5.56 Å². The molecule has 154 valence electrons. The highest BCUT2D eigenvalue weighted by molar-refractivity contribution is 5.96. The highest BCUT2D eigenvalue weighted by Gasteiger charge is 2.30. The van der Waals surface area contributed by atoms with E-state index in [1.807, 2.05) is 0 Å². The van der Waals surface area contributed by atoms with Crippen LogP contribution in [0.4, 0.5) is 13.2 Å². The number of carbonyl (C=O) groups is 1. The maximum absolute atomic E-state index is 12.5. The minimum Gasteiger partial charge on any atom is -0.294 e. The summed E-state index contributed by atoms with van der Waals surface area (Å²) in [7, 11) is 0. The van der Waals surface area contributed by atoms with Crippen molar-refractivity contribution in [2.45, 2.75) is 103 Å². The van der Waals surface area contributed by atoms with Gasteiger partial charge >= 0.3 is 6.18 Å². The summed E-state index contributed by atoms with van der Waals surface area (Å²) < 4.78 is 37.6. The zero-order valence-electron chi connectivity index (χ0n) is 16.8. The molecule has 1 nitrogen and oxygen atoms in total. The average Bonchev–Trinajstić information content (AvgIpc) is 2.64. The van der Waals surface area contributed by atoms with Gasteiger partial charge in [0.1, 0.15) is 0 Å². The summed E-state index contributed by atoms with van der Waals surface area (Å²) in [5, 5.41) is 0. The van der Waals surface area contributed by atoms with E-state index in [-0.39, 0.29) is 5.78 Å². The monoisotopic (exact) mass is 384 g/mol. The quantitative estimate of drug-likeness (QED) is 0.219. The highest BCUT2D eigenvalue weighted by Crippen LogP contribution is 2.29. The second-order valence-corrected chi connectivity index (χ2v) is 7.49. The van der Waals surface area contributed by atoms with Crippen LogP contribution in [0.15, 0.2) is 24.3 Å². The van der Waals surface area contributed by atoms with Crippen LogP contribution >= 0.6 is 0 Å². The molecule has 0 N–H and O–H groups in total. The number of carbonyl (C=O) groups excluding carboxylic acids is 1. The van der Waals surface area contributed by atoms with Crippen molar-refractivity contribution >= 4 is 5.78 Å². The average molecular weight is 385 g/mol. The van der Waals surface area contributed by atoms with Crippen molar-refractivity contribution in [1.29, 1.82) is 0 Å². The standard InChI is InChI=1S/C23H35F3O/c1-2-3-4-5-6-7-8-9-10-11-12-13-14-15-22(27)20-16-18-21(19-17-20)23(24,25)26/h16-19H,2-15H2,1H3. The minimum atomic E-state index is -4.35. The SMILES string of the molecule is CCCCCCCCCCCCCCCC(=O)c1ccc(C(F)(F)F)cc1. The zero-order valence-corrected chi connectivity index (χ0v) is 16.8. The summed E-state index contributed by atoms with van der Waals surface area (Å²) in [6, 6.07) is 4.54. The predicted molar refractivity (Wildman–Crippen MR) is 106 cm³/mol. The van der Waals surface area contributed by atoms with Crippen molar-refractivity contribution in [1.82, 2.24) is 0 Å². The number of alkyl halides is 3. The van der Waals surface area contributed by atoms with E-state index in [4.69, 9.17) is 0 Å². The van der Waals surface area contributed by atoms with Gasteiger partial charge in [-0.2, -0.15) is 13.2 Å². The molecule has 4 heteroatoms. The van der Waals surface area contributed by atoms with Gasteiger partial charge < -0.3 is 0 Å². The van der Waals surface area contributed by atoms with Gasteiger partial charge in [-0.05, 0) is 18.6 Å². The molecule has 0 fully saturated rings. The minimum absolute atomic E-state index is 0.0632. The summed E-state index contributed by atoms with van der Waals surface area (Å²) >= 11 is 0. The number of halogens is 3. The number of unbranched alkanes of at least 4 members (excludes halogenated alkanes) is 12. The number of Topliss-reactive ketones (excluding diaryl/α,β-unsaturated/α-hetero) is 1. The Morgan fingerprint density at radius 3 is 1.52 bits per heavy atom. The molecule has 1 aromatic carbocycles. The third-order valence-corrected chi connectivity index (χ3v) is 5.04. The predicted octanol–water partition coefficient (Wildman–Crippen LogP) is 8.37. The fraction of sp³-hybridized carbons (Fsp3) is 0.696. The van der Waals surface area contributed by atoms with Crippen LogP contribution in [0.1, 0.15) is 113 Å². The van der Waals surface area contributed by atoms with Crippen LogP contribution in [0.3, 0.4) is 0 Å². The number of ketones is 1. The molecule has 0 aromatic heterocycles. The fourth-order valence-corrected chi connectivity index (χ4v) is 3.29. The van der Waals surface area contributed by atoms with Gasteiger partial charge in [-0.1, -0.05) is 96.1 Å². The molecule has 1 aromatic rings. The third kappa shape index (κ3) is 11.2. The summed E-state index contributed by atoms with van der Waals surface area (Å²) in [5.74, 6) is -0.0632.